The van der Waals surface area contributed by atoms with Crippen LogP contribution in [0.3, 0.4) is 0 Å². The lowest BCUT2D eigenvalue weighted by Gasteiger charge is -2.09. The Hall–Kier alpha value is -1.82. The molecule has 23 heavy (non-hydrogen) atoms. The summed E-state index contributed by atoms with van der Waals surface area (Å²) >= 11 is 0. The number of hydrogen-bond acceptors (Lipinski definition) is 5. The summed E-state index contributed by atoms with van der Waals surface area (Å²) in [5.41, 5.74) is -0.0186. The lowest BCUT2D eigenvalue weighted by atomic mass is 10.2. The molecule has 0 radical (unpaired) electrons. The maximum Gasteiger partial charge on any atom is 0.311 e. The van der Waals surface area contributed by atoms with Crippen molar-refractivity contribution in [3.8, 4) is 11.5 Å². The van der Waals surface area contributed by atoms with Crippen molar-refractivity contribution in [2.75, 3.05) is 26.3 Å². The summed E-state index contributed by atoms with van der Waals surface area (Å²) in [6.45, 7) is 11.5. The Bertz CT molecular complexity index is 437. The summed E-state index contributed by atoms with van der Waals surface area (Å²) in [4.78, 5) is 10.4. The van der Waals surface area contributed by atoms with Crippen molar-refractivity contribution in [3.63, 3.8) is 0 Å². The van der Waals surface area contributed by atoms with E-state index in [1.165, 1.54) is 6.07 Å². The average Bonchev–Trinajstić information content (AvgIpc) is 2.54. The van der Waals surface area contributed by atoms with Crippen LogP contribution >= 0.6 is 0 Å². The summed E-state index contributed by atoms with van der Waals surface area (Å²) in [5, 5.41) is 14.0. The lowest BCUT2D eigenvalue weighted by molar-refractivity contribution is -0.385. The monoisotopic (exact) mass is 326 g/mol. The van der Waals surface area contributed by atoms with Crippen LogP contribution in [0.25, 0.3) is 0 Å². The molecule has 0 fully saturated rings. The third kappa shape index (κ3) is 9.73. The molecular weight excluding hydrogens is 296 g/mol. The van der Waals surface area contributed by atoms with Crippen molar-refractivity contribution >= 4 is 5.69 Å². The van der Waals surface area contributed by atoms with Gasteiger partial charge in [-0.2, -0.15) is 0 Å². The van der Waals surface area contributed by atoms with E-state index in [0.717, 1.165) is 32.4 Å². The fourth-order valence-corrected chi connectivity index (χ4v) is 1.65. The highest BCUT2D eigenvalue weighted by Crippen LogP contribution is 2.31. The number of nitro benzene ring substituents is 1. The molecule has 0 saturated heterocycles. The summed E-state index contributed by atoms with van der Waals surface area (Å²) in [6.07, 6.45) is 2.75. The van der Waals surface area contributed by atoms with Crippen molar-refractivity contribution in [1.82, 2.24) is 5.32 Å². The molecule has 0 bridgehead atoms. The average molecular weight is 326 g/mol. The van der Waals surface area contributed by atoms with Gasteiger partial charge in [-0.1, -0.05) is 34.1 Å². The second-order valence-corrected chi connectivity index (χ2v) is 4.89. The highest BCUT2D eigenvalue weighted by atomic mass is 16.6. The van der Waals surface area contributed by atoms with Gasteiger partial charge in [0, 0.05) is 12.1 Å². The van der Waals surface area contributed by atoms with Gasteiger partial charge in [0.2, 0.25) is 5.75 Å². The standard InChI is InChI=1S/C13H19NO4.C4H11N/c1-3-5-9-18-13-10-11(17-8-4-2)6-7-12(13)14(15)16;1-3-5-4-2/h6-7,10H,3-5,8-9H2,1-2H3;5H,3-4H2,1-2H3. The van der Waals surface area contributed by atoms with Gasteiger partial charge in [0.1, 0.15) is 5.75 Å². The fraction of sp³-hybridized carbons (Fsp3) is 0.647. The molecular formula is C17H30N2O4. The van der Waals surface area contributed by atoms with Crippen LogP contribution in [-0.4, -0.2) is 31.2 Å². The van der Waals surface area contributed by atoms with Crippen molar-refractivity contribution < 1.29 is 14.4 Å². The van der Waals surface area contributed by atoms with Crippen LogP contribution in [0.5, 0.6) is 11.5 Å². The first-order chi connectivity index (χ1) is 11.1. The van der Waals surface area contributed by atoms with Crippen molar-refractivity contribution in [1.29, 1.82) is 0 Å². The number of nitro groups is 1. The first kappa shape index (κ1) is 21.2. The normalized spacial score (nSPS) is 9.74. The van der Waals surface area contributed by atoms with E-state index in [4.69, 9.17) is 9.47 Å². The molecule has 0 saturated carbocycles. The zero-order chi connectivity index (χ0) is 17.5. The molecule has 1 N–H and O–H groups in total. The largest absolute Gasteiger partial charge is 0.493 e. The molecule has 0 atom stereocenters. The molecule has 0 aromatic heterocycles. The quantitative estimate of drug-likeness (QED) is 0.397. The van der Waals surface area contributed by atoms with Crippen molar-refractivity contribution in [2.45, 2.75) is 47.0 Å². The van der Waals surface area contributed by atoms with Crippen LogP contribution in [0.1, 0.15) is 47.0 Å². The van der Waals surface area contributed by atoms with Crippen LogP contribution in [-0.2, 0) is 0 Å². The Kier molecular flexibility index (Phi) is 12.7. The molecule has 0 aliphatic rings. The Morgan fingerprint density at radius 2 is 1.74 bits per heavy atom. The van der Waals surface area contributed by atoms with Gasteiger partial charge in [0.25, 0.3) is 0 Å². The number of unbranched alkanes of at least 4 members (excludes halogenated alkanes) is 1. The second kappa shape index (κ2) is 13.8. The van der Waals surface area contributed by atoms with E-state index >= 15 is 0 Å². The first-order valence-electron chi connectivity index (χ1n) is 8.35. The van der Waals surface area contributed by atoms with Gasteiger partial charge < -0.3 is 14.8 Å². The number of ether oxygens (including phenoxy) is 2. The molecule has 0 amide bonds. The summed E-state index contributed by atoms with van der Waals surface area (Å²) in [5.74, 6) is 0.885. The predicted molar refractivity (Wildman–Crippen MR) is 93.5 cm³/mol. The SMILES string of the molecule is CCCCOc1cc(OCCC)ccc1[N+](=O)[O-].CCNCC. The summed E-state index contributed by atoms with van der Waals surface area (Å²) in [6, 6.07) is 4.61. The molecule has 0 unspecified atom stereocenters. The van der Waals surface area contributed by atoms with E-state index in [1.54, 1.807) is 12.1 Å². The van der Waals surface area contributed by atoms with Crippen molar-refractivity contribution in [3.05, 3.63) is 28.3 Å². The Morgan fingerprint density at radius 1 is 1.04 bits per heavy atom. The molecule has 6 nitrogen and oxygen atoms in total. The third-order valence-electron chi connectivity index (χ3n) is 2.86. The second-order valence-electron chi connectivity index (χ2n) is 4.89. The first-order valence-corrected chi connectivity index (χ1v) is 8.35. The van der Waals surface area contributed by atoms with E-state index in [1.807, 2.05) is 13.8 Å². The van der Waals surface area contributed by atoms with E-state index in [9.17, 15) is 10.1 Å². The van der Waals surface area contributed by atoms with E-state index < -0.39 is 4.92 Å². The minimum Gasteiger partial charge on any atom is -0.493 e. The van der Waals surface area contributed by atoms with Gasteiger partial charge in [0.15, 0.2) is 0 Å². The van der Waals surface area contributed by atoms with Gasteiger partial charge in [-0.3, -0.25) is 10.1 Å². The van der Waals surface area contributed by atoms with Crippen molar-refractivity contribution in [2.24, 2.45) is 0 Å². The molecule has 1 aromatic carbocycles. The van der Waals surface area contributed by atoms with E-state index in [2.05, 4.69) is 19.2 Å². The van der Waals surface area contributed by atoms with Crippen LogP contribution in [0.4, 0.5) is 5.69 Å². The number of hydrogen-bond donors (Lipinski definition) is 1. The molecule has 0 aliphatic carbocycles. The number of rotatable bonds is 10. The van der Waals surface area contributed by atoms with Gasteiger partial charge in [0.05, 0.1) is 18.1 Å². The maximum atomic E-state index is 10.9. The van der Waals surface area contributed by atoms with Gasteiger partial charge in [-0.25, -0.2) is 0 Å². The molecule has 1 aromatic rings. The number of nitrogens with one attached hydrogen (secondary N) is 1. The van der Waals surface area contributed by atoms with Gasteiger partial charge >= 0.3 is 5.69 Å². The topological polar surface area (TPSA) is 73.6 Å². The highest BCUT2D eigenvalue weighted by molar-refractivity contribution is 5.50. The van der Waals surface area contributed by atoms with E-state index in [0.29, 0.717) is 19.0 Å². The molecule has 6 heteroatoms. The molecule has 0 aliphatic heterocycles. The van der Waals surface area contributed by atoms with Crippen LogP contribution in [0.2, 0.25) is 0 Å². The van der Waals surface area contributed by atoms with Crippen LogP contribution in [0, 0.1) is 10.1 Å². The Labute approximate surface area is 139 Å². The smallest absolute Gasteiger partial charge is 0.311 e. The van der Waals surface area contributed by atoms with Crippen LogP contribution < -0.4 is 14.8 Å². The Balaban J connectivity index is 0.000000841. The summed E-state index contributed by atoms with van der Waals surface area (Å²) < 4.78 is 10.9. The minimum absolute atomic E-state index is 0.0186. The van der Waals surface area contributed by atoms with Gasteiger partial charge in [-0.15, -0.1) is 0 Å². The minimum atomic E-state index is -0.440. The third-order valence-corrected chi connectivity index (χ3v) is 2.86. The lowest BCUT2D eigenvalue weighted by Crippen LogP contribution is -2.09. The van der Waals surface area contributed by atoms with E-state index in [-0.39, 0.29) is 11.4 Å². The zero-order valence-electron chi connectivity index (χ0n) is 14.8. The van der Waals surface area contributed by atoms with Crippen LogP contribution in [0.15, 0.2) is 18.2 Å². The predicted octanol–water partition coefficient (Wildman–Crippen LogP) is 4.18. The highest BCUT2D eigenvalue weighted by Gasteiger charge is 2.16. The van der Waals surface area contributed by atoms with Gasteiger partial charge in [-0.05, 0) is 32.0 Å². The zero-order valence-corrected chi connectivity index (χ0v) is 14.8. The number of nitrogens with zero attached hydrogens (tertiary/aromatic N) is 1. The summed E-state index contributed by atoms with van der Waals surface area (Å²) in [7, 11) is 0. The number of benzene rings is 1. The maximum absolute atomic E-state index is 10.9. The molecule has 1 rings (SSSR count). The molecule has 132 valence electrons. The Morgan fingerprint density at radius 3 is 2.22 bits per heavy atom. The fourth-order valence-electron chi connectivity index (χ4n) is 1.65. The molecule has 0 heterocycles. The molecule has 0 spiro atoms.